The van der Waals surface area contributed by atoms with Crippen LogP contribution >= 0.6 is 11.6 Å². The van der Waals surface area contributed by atoms with Crippen LogP contribution in [0, 0.1) is 5.82 Å². The van der Waals surface area contributed by atoms with Crippen LogP contribution in [0.25, 0.3) is 0 Å². The molecule has 3 rings (SSSR count). The van der Waals surface area contributed by atoms with E-state index < -0.39 is 68.2 Å². The van der Waals surface area contributed by atoms with E-state index in [0.717, 1.165) is 23.3 Å². The number of sulfonamides is 1. The van der Waals surface area contributed by atoms with E-state index in [1.165, 1.54) is 24.3 Å². The maximum atomic E-state index is 14.0. The minimum atomic E-state index is -4.89. The van der Waals surface area contributed by atoms with E-state index in [1.807, 2.05) is 0 Å². The Hall–Kier alpha value is -3.64. The first-order chi connectivity index (χ1) is 19.8. The molecule has 0 spiro atoms. The van der Waals surface area contributed by atoms with Gasteiger partial charge in [-0.05, 0) is 62.2 Å². The van der Waals surface area contributed by atoms with E-state index in [1.54, 1.807) is 51.1 Å². The molecule has 0 aromatic heterocycles. The van der Waals surface area contributed by atoms with E-state index in [9.17, 15) is 35.6 Å². The van der Waals surface area contributed by atoms with Gasteiger partial charge in [-0.3, -0.25) is 13.9 Å². The van der Waals surface area contributed by atoms with Crippen molar-refractivity contribution in [3.8, 4) is 0 Å². The van der Waals surface area contributed by atoms with Crippen LogP contribution < -0.4 is 9.62 Å². The van der Waals surface area contributed by atoms with Crippen molar-refractivity contribution in [3.05, 3.63) is 100 Å². The summed E-state index contributed by atoms with van der Waals surface area (Å²) >= 11 is 5.73. The van der Waals surface area contributed by atoms with Gasteiger partial charge in [0.1, 0.15) is 18.4 Å². The monoisotopic (exact) mass is 641 g/mol. The van der Waals surface area contributed by atoms with Crippen molar-refractivity contribution < 1.29 is 35.6 Å². The van der Waals surface area contributed by atoms with Crippen LogP contribution in [0.15, 0.2) is 72.8 Å². The molecular weight excluding hydrogens is 610 g/mol. The lowest BCUT2D eigenvalue weighted by Gasteiger charge is -2.35. The first-order valence-electron chi connectivity index (χ1n) is 13.1. The second-order valence-corrected chi connectivity index (χ2v) is 13.3. The smallest absolute Gasteiger partial charge is 0.350 e. The van der Waals surface area contributed by atoms with Crippen LogP contribution in [0.4, 0.5) is 23.2 Å². The molecule has 2 amide bonds. The highest BCUT2D eigenvalue weighted by Gasteiger charge is 2.37. The highest BCUT2D eigenvalue weighted by Crippen LogP contribution is 2.37. The van der Waals surface area contributed by atoms with Crippen molar-refractivity contribution in [1.82, 2.24) is 10.2 Å². The molecule has 1 N–H and O–H groups in total. The zero-order valence-electron chi connectivity index (χ0n) is 24.0. The second kappa shape index (κ2) is 13.3. The lowest BCUT2D eigenvalue weighted by molar-refractivity contribution is -0.140. The van der Waals surface area contributed by atoms with Crippen molar-refractivity contribution in [2.45, 2.75) is 51.5 Å². The molecule has 0 saturated heterocycles. The van der Waals surface area contributed by atoms with Gasteiger partial charge in [0.25, 0.3) is 0 Å². The number of amides is 2. The second-order valence-electron chi connectivity index (χ2n) is 11.0. The Morgan fingerprint density at radius 1 is 0.930 bits per heavy atom. The predicted molar refractivity (Wildman–Crippen MR) is 157 cm³/mol. The number of benzene rings is 3. The molecule has 1 atom stereocenters. The van der Waals surface area contributed by atoms with Crippen molar-refractivity contribution in [3.63, 3.8) is 0 Å². The third-order valence-corrected chi connectivity index (χ3v) is 7.73. The number of alkyl halides is 3. The number of carbonyl (C=O) groups is 2. The van der Waals surface area contributed by atoms with Crippen LogP contribution in [0.5, 0.6) is 0 Å². The highest BCUT2D eigenvalue weighted by atomic mass is 35.5. The van der Waals surface area contributed by atoms with Gasteiger partial charge < -0.3 is 10.2 Å². The maximum absolute atomic E-state index is 14.0. The molecule has 13 heteroatoms. The first-order valence-corrected chi connectivity index (χ1v) is 15.3. The van der Waals surface area contributed by atoms with E-state index in [0.29, 0.717) is 21.5 Å². The summed E-state index contributed by atoms with van der Waals surface area (Å²) in [5.74, 6) is -1.94. The number of halogens is 5. The van der Waals surface area contributed by atoms with Gasteiger partial charge in [0.05, 0.1) is 22.5 Å². The predicted octanol–water partition coefficient (Wildman–Crippen LogP) is 5.82. The molecule has 0 bridgehead atoms. The van der Waals surface area contributed by atoms with E-state index in [-0.39, 0.29) is 13.0 Å². The molecule has 0 aliphatic carbocycles. The minimum absolute atomic E-state index is 0.0354. The van der Waals surface area contributed by atoms with Gasteiger partial charge in [-0.2, -0.15) is 13.2 Å². The van der Waals surface area contributed by atoms with Crippen LogP contribution in [-0.2, 0) is 38.8 Å². The highest BCUT2D eigenvalue weighted by molar-refractivity contribution is 7.92. The Labute approximate surface area is 253 Å². The van der Waals surface area contributed by atoms with E-state index in [4.69, 9.17) is 11.6 Å². The van der Waals surface area contributed by atoms with Gasteiger partial charge in [0, 0.05) is 18.5 Å². The van der Waals surface area contributed by atoms with Crippen molar-refractivity contribution in [2.24, 2.45) is 0 Å². The molecular formula is C30H32ClF4N3O4S. The van der Waals surface area contributed by atoms with E-state index in [2.05, 4.69) is 5.32 Å². The standard InChI is InChI=1S/C30H32ClF4N3O4S/c1-29(2,3)36-28(40)26(16-20-8-6-5-7-9-20)37(18-21-10-12-22(32)13-11-21)27(39)19-38(43(4,41)42)23-14-15-25(31)24(17-23)30(33,34)35/h5-15,17,26H,16,18-19H2,1-4H3,(H,36,40). The Morgan fingerprint density at radius 2 is 1.53 bits per heavy atom. The van der Waals surface area contributed by atoms with Crippen molar-refractivity contribution in [2.75, 3.05) is 17.1 Å². The maximum Gasteiger partial charge on any atom is 0.417 e. The summed E-state index contributed by atoms with van der Waals surface area (Å²) in [6.07, 6.45) is -4.10. The van der Waals surface area contributed by atoms with Gasteiger partial charge >= 0.3 is 6.18 Å². The fourth-order valence-corrected chi connectivity index (χ4v) is 5.36. The number of carbonyl (C=O) groups excluding carboxylic acids is 2. The first kappa shape index (κ1) is 33.9. The fraction of sp³-hybridized carbons (Fsp3) is 0.333. The number of hydrogen-bond acceptors (Lipinski definition) is 4. The number of rotatable bonds is 10. The normalized spacial score (nSPS) is 12.9. The third kappa shape index (κ3) is 9.69. The summed E-state index contributed by atoms with van der Waals surface area (Å²) in [7, 11) is -4.31. The van der Waals surface area contributed by atoms with Crippen LogP contribution in [-0.4, -0.2) is 49.5 Å². The lowest BCUT2D eigenvalue weighted by atomic mass is 10.0. The van der Waals surface area contributed by atoms with Crippen LogP contribution in [0.2, 0.25) is 5.02 Å². The lowest BCUT2D eigenvalue weighted by Crippen LogP contribution is -2.56. The SMILES string of the molecule is CC(C)(C)NC(=O)C(Cc1ccccc1)N(Cc1ccc(F)cc1)C(=O)CN(c1ccc(Cl)c(C(F)(F)F)c1)S(C)(=O)=O. The molecule has 0 saturated carbocycles. The summed E-state index contributed by atoms with van der Waals surface area (Å²) in [4.78, 5) is 28.8. The van der Waals surface area contributed by atoms with Gasteiger partial charge in [0.2, 0.25) is 21.8 Å². The Morgan fingerprint density at radius 3 is 2.07 bits per heavy atom. The summed E-state index contributed by atoms with van der Waals surface area (Å²) in [5.41, 5.74) is -1.28. The molecule has 0 aliphatic heterocycles. The molecule has 232 valence electrons. The third-order valence-electron chi connectivity index (χ3n) is 6.26. The largest absolute Gasteiger partial charge is 0.417 e. The number of nitrogens with zero attached hydrogens (tertiary/aromatic N) is 2. The van der Waals surface area contributed by atoms with Gasteiger partial charge in [-0.1, -0.05) is 54.1 Å². The van der Waals surface area contributed by atoms with Crippen molar-refractivity contribution >= 4 is 39.1 Å². The average molecular weight is 642 g/mol. The summed E-state index contributed by atoms with van der Waals surface area (Å²) in [6.45, 7) is 4.11. The summed E-state index contributed by atoms with van der Waals surface area (Å²) in [6, 6.07) is 15.3. The number of hydrogen-bond donors (Lipinski definition) is 1. The molecule has 3 aromatic rings. The molecule has 0 radical (unpaired) electrons. The van der Waals surface area contributed by atoms with Crippen LogP contribution in [0.1, 0.15) is 37.5 Å². The molecule has 43 heavy (non-hydrogen) atoms. The topological polar surface area (TPSA) is 86.8 Å². The Kier molecular flexibility index (Phi) is 10.5. The molecule has 7 nitrogen and oxygen atoms in total. The Bertz CT molecular complexity index is 1540. The van der Waals surface area contributed by atoms with Crippen LogP contribution in [0.3, 0.4) is 0 Å². The summed E-state index contributed by atoms with van der Waals surface area (Å²) < 4.78 is 80.6. The van der Waals surface area contributed by atoms with Gasteiger partial charge in [-0.15, -0.1) is 0 Å². The number of nitrogens with one attached hydrogen (secondary N) is 1. The zero-order valence-corrected chi connectivity index (χ0v) is 25.5. The van der Waals surface area contributed by atoms with E-state index >= 15 is 0 Å². The summed E-state index contributed by atoms with van der Waals surface area (Å²) in [5, 5.41) is 2.21. The molecule has 3 aromatic carbocycles. The fourth-order valence-electron chi connectivity index (χ4n) is 4.29. The minimum Gasteiger partial charge on any atom is -0.350 e. The van der Waals surface area contributed by atoms with Crippen molar-refractivity contribution in [1.29, 1.82) is 0 Å². The number of anilines is 1. The molecule has 0 aliphatic rings. The molecule has 0 fully saturated rings. The quantitative estimate of drug-likeness (QED) is 0.283. The van der Waals surface area contributed by atoms with Gasteiger partial charge in [-0.25, -0.2) is 12.8 Å². The van der Waals surface area contributed by atoms with Gasteiger partial charge in [0.15, 0.2) is 0 Å². The average Bonchev–Trinajstić information content (AvgIpc) is 2.89. The molecule has 1 unspecified atom stereocenters. The Balaban J connectivity index is 2.11. The zero-order chi connectivity index (χ0) is 32.2. The molecule has 0 heterocycles.